The molecular formula is C15H15N3O. The van der Waals surface area contributed by atoms with E-state index in [4.69, 9.17) is 4.74 Å². The fraction of sp³-hybridized carbons (Fsp3) is 0.200. The Morgan fingerprint density at radius 2 is 2.11 bits per heavy atom. The van der Waals surface area contributed by atoms with Crippen LogP contribution in [-0.2, 0) is 0 Å². The number of hydrogen-bond acceptors (Lipinski definition) is 3. The van der Waals surface area contributed by atoms with Gasteiger partial charge in [-0.05, 0) is 31.5 Å². The number of hydrogen-bond donors (Lipinski definition) is 1. The Kier molecular flexibility index (Phi) is 2.91. The molecule has 1 aromatic carbocycles. The van der Waals surface area contributed by atoms with E-state index in [1.807, 2.05) is 44.3 Å². The van der Waals surface area contributed by atoms with Gasteiger partial charge in [0, 0.05) is 11.8 Å². The van der Waals surface area contributed by atoms with Crippen LogP contribution in [0.3, 0.4) is 0 Å². The van der Waals surface area contributed by atoms with Gasteiger partial charge in [-0.15, -0.1) is 0 Å². The molecule has 1 N–H and O–H groups in total. The number of rotatable bonds is 3. The molecule has 19 heavy (non-hydrogen) atoms. The van der Waals surface area contributed by atoms with Crippen molar-refractivity contribution in [3.05, 3.63) is 43.0 Å². The topological polar surface area (TPSA) is 50.8 Å². The van der Waals surface area contributed by atoms with E-state index >= 15 is 0 Å². The van der Waals surface area contributed by atoms with Gasteiger partial charge in [0.1, 0.15) is 5.75 Å². The molecule has 0 aliphatic rings. The van der Waals surface area contributed by atoms with Crippen molar-refractivity contribution in [2.45, 2.75) is 20.0 Å². The van der Waals surface area contributed by atoms with E-state index in [1.165, 1.54) is 0 Å². The van der Waals surface area contributed by atoms with Crippen molar-refractivity contribution in [2.24, 2.45) is 0 Å². The lowest BCUT2D eigenvalue weighted by Gasteiger charge is -2.11. The number of pyridine rings is 1. The molecule has 0 amide bonds. The van der Waals surface area contributed by atoms with Crippen molar-refractivity contribution in [1.29, 1.82) is 0 Å². The molecule has 0 aliphatic heterocycles. The van der Waals surface area contributed by atoms with E-state index < -0.39 is 0 Å². The van der Waals surface area contributed by atoms with Crippen LogP contribution >= 0.6 is 0 Å². The normalized spacial score (nSPS) is 11.1. The lowest BCUT2D eigenvalue weighted by molar-refractivity contribution is 0.242. The third-order valence-electron chi connectivity index (χ3n) is 2.85. The number of ether oxygens (including phenoxy) is 1. The molecule has 4 heteroatoms. The van der Waals surface area contributed by atoms with Crippen molar-refractivity contribution in [3.8, 4) is 16.9 Å². The van der Waals surface area contributed by atoms with E-state index in [9.17, 15) is 0 Å². The largest absolute Gasteiger partial charge is 0.491 e. The first-order valence-corrected chi connectivity index (χ1v) is 6.28. The van der Waals surface area contributed by atoms with Gasteiger partial charge in [-0.2, -0.15) is 0 Å². The predicted molar refractivity (Wildman–Crippen MR) is 75.1 cm³/mol. The van der Waals surface area contributed by atoms with Crippen LogP contribution in [0.5, 0.6) is 5.75 Å². The summed E-state index contributed by atoms with van der Waals surface area (Å²) in [7, 11) is 0. The Labute approximate surface area is 111 Å². The van der Waals surface area contributed by atoms with Crippen LogP contribution < -0.4 is 4.74 Å². The zero-order valence-electron chi connectivity index (χ0n) is 10.9. The Morgan fingerprint density at radius 1 is 1.21 bits per heavy atom. The highest BCUT2D eigenvalue weighted by atomic mass is 16.5. The monoisotopic (exact) mass is 253 g/mol. The summed E-state index contributed by atoms with van der Waals surface area (Å²) >= 11 is 0. The van der Waals surface area contributed by atoms with Gasteiger partial charge < -0.3 is 9.72 Å². The molecule has 3 rings (SSSR count). The van der Waals surface area contributed by atoms with Gasteiger partial charge in [-0.25, -0.2) is 4.98 Å². The van der Waals surface area contributed by atoms with Crippen LogP contribution in [0.15, 0.2) is 43.0 Å². The number of nitrogens with zero attached hydrogens (tertiary/aromatic N) is 2. The first-order valence-electron chi connectivity index (χ1n) is 6.28. The van der Waals surface area contributed by atoms with Gasteiger partial charge in [-0.1, -0.05) is 12.1 Å². The zero-order valence-corrected chi connectivity index (χ0v) is 10.9. The Morgan fingerprint density at radius 3 is 2.95 bits per heavy atom. The maximum atomic E-state index is 5.72. The Balaban J connectivity index is 2.08. The molecule has 0 radical (unpaired) electrons. The van der Waals surface area contributed by atoms with Crippen LogP contribution in [0.2, 0.25) is 0 Å². The summed E-state index contributed by atoms with van der Waals surface area (Å²) in [6, 6.07) is 8.00. The number of imidazole rings is 1. The minimum atomic E-state index is 0.162. The highest BCUT2D eigenvalue weighted by Gasteiger charge is 2.08. The third kappa shape index (κ3) is 2.29. The molecule has 2 aromatic heterocycles. The van der Waals surface area contributed by atoms with Crippen LogP contribution in [-0.4, -0.2) is 21.1 Å². The van der Waals surface area contributed by atoms with E-state index in [1.54, 1.807) is 12.5 Å². The van der Waals surface area contributed by atoms with Crippen molar-refractivity contribution in [2.75, 3.05) is 0 Å². The quantitative estimate of drug-likeness (QED) is 0.778. The summed E-state index contributed by atoms with van der Waals surface area (Å²) in [5, 5.41) is 0. The molecule has 0 fully saturated rings. The standard InChI is InChI=1S/C15H15N3O/c1-10(2)19-12-5-3-4-11(6-12)13-7-16-8-14-15(13)18-9-17-14/h3-10H,1-2H3,(H,17,18). The van der Waals surface area contributed by atoms with Crippen LogP contribution in [0, 0.1) is 0 Å². The van der Waals surface area contributed by atoms with E-state index in [2.05, 4.69) is 15.0 Å². The van der Waals surface area contributed by atoms with Crippen LogP contribution in [0.1, 0.15) is 13.8 Å². The minimum Gasteiger partial charge on any atom is -0.491 e. The molecule has 0 spiro atoms. The molecule has 0 aliphatic carbocycles. The number of aromatic amines is 1. The molecular weight excluding hydrogens is 238 g/mol. The fourth-order valence-corrected chi connectivity index (χ4v) is 2.09. The molecule has 0 unspecified atom stereocenters. The molecule has 4 nitrogen and oxygen atoms in total. The maximum Gasteiger partial charge on any atom is 0.120 e. The third-order valence-corrected chi connectivity index (χ3v) is 2.85. The summed E-state index contributed by atoms with van der Waals surface area (Å²) in [5.41, 5.74) is 3.93. The summed E-state index contributed by atoms with van der Waals surface area (Å²) in [4.78, 5) is 11.7. The zero-order chi connectivity index (χ0) is 13.2. The highest BCUT2D eigenvalue weighted by molar-refractivity contribution is 5.90. The second-order valence-electron chi connectivity index (χ2n) is 4.68. The Bertz CT molecular complexity index is 703. The van der Waals surface area contributed by atoms with Crippen molar-refractivity contribution in [1.82, 2.24) is 15.0 Å². The number of benzene rings is 1. The lowest BCUT2D eigenvalue weighted by Crippen LogP contribution is -2.05. The first-order chi connectivity index (χ1) is 9.24. The lowest BCUT2D eigenvalue weighted by atomic mass is 10.1. The molecule has 3 aromatic rings. The van der Waals surface area contributed by atoms with E-state index in [0.717, 1.165) is 27.9 Å². The molecule has 0 bridgehead atoms. The predicted octanol–water partition coefficient (Wildman–Crippen LogP) is 3.41. The average Bonchev–Trinajstić information content (AvgIpc) is 2.86. The summed E-state index contributed by atoms with van der Waals surface area (Å²) in [5.74, 6) is 0.861. The second kappa shape index (κ2) is 4.72. The molecule has 0 atom stereocenters. The first kappa shape index (κ1) is 11.7. The summed E-state index contributed by atoms with van der Waals surface area (Å²) in [6.07, 6.45) is 5.46. The van der Waals surface area contributed by atoms with E-state index in [-0.39, 0.29) is 6.10 Å². The van der Waals surface area contributed by atoms with Gasteiger partial charge in [0.05, 0.1) is 29.7 Å². The van der Waals surface area contributed by atoms with Gasteiger partial charge in [0.25, 0.3) is 0 Å². The highest BCUT2D eigenvalue weighted by Crippen LogP contribution is 2.28. The van der Waals surface area contributed by atoms with E-state index in [0.29, 0.717) is 0 Å². The van der Waals surface area contributed by atoms with Crippen molar-refractivity contribution < 1.29 is 4.74 Å². The second-order valence-corrected chi connectivity index (χ2v) is 4.68. The number of H-pyrrole nitrogens is 1. The summed E-state index contributed by atoms with van der Waals surface area (Å²) < 4.78 is 5.72. The Hall–Kier alpha value is -2.36. The van der Waals surface area contributed by atoms with Gasteiger partial charge in [-0.3, -0.25) is 4.98 Å². The van der Waals surface area contributed by atoms with Crippen molar-refractivity contribution in [3.63, 3.8) is 0 Å². The van der Waals surface area contributed by atoms with Gasteiger partial charge in [0.15, 0.2) is 0 Å². The van der Waals surface area contributed by atoms with Crippen LogP contribution in [0.25, 0.3) is 22.2 Å². The number of aromatic nitrogens is 3. The van der Waals surface area contributed by atoms with Crippen LogP contribution in [0.4, 0.5) is 0 Å². The fourth-order valence-electron chi connectivity index (χ4n) is 2.09. The number of fused-ring (bicyclic) bond motifs is 1. The maximum absolute atomic E-state index is 5.72. The van der Waals surface area contributed by atoms with Gasteiger partial charge in [0.2, 0.25) is 0 Å². The SMILES string of the molecule is CC(C)Oc1cccc(-c2cncc3[nH]cnc23)c1. The minimum absolute atomic E-state index is 0.162. The smallest absolute Gasteiger partial charge is 0.120 e. The summed E-state index contributed by atoms with van der Waals surface area (Å²) in [6.45, 7) is 4.03. The van der Waals surface area contributed by atoms with Gasteiger partial charge >= 0.3 is 0 Å². The number of nitrogens with one attached hydrogen (secondary N) is 1. The van der Waals surface area contributed by atoms with Crippen molar-refractivity contribution >= 4 is 11.0 Å². The molecule has 96 valence electrons. The molecule has 0 saturated heterocycles. The molecule has 2 heterocycles. The average molecular weight is 253 g/mol. The molecule has 0 saturated carbocycles.